The maximum absolute atomic E-state index is 9.75. The van der Waals surface area contributed by atoms with Crippen LogP contribution < -0.4 is 0 Å². The van der Waals surface area contributed by atoms with Crippen LogP contribution in [0.1, 0.15) is 47.5 Å². The van der Waals surface area contributed by atoms with Gasteiger partial charge in [0.05, 0.1) is 5.60 Å². The van der Waals surface area contributed by atoms with Gasteiger partial charge in [0.1, 0.15) is 0 Å². The highest BCUT2D eigenvalue weighted by Gasteiger charge is 2.30. The van der Waals surface area contributed by atoms with Crippen molar-refractivity contribution in [2.24, 2.45) is 11.3 Å². The SMILES string of the molecule is CC(C)(O)CN1CCC(C(C)(C)C)CC1. The second-order valence-corrected chi connectivity index (χ2v) is 6.73. The maximum Gasteiger partial charge on any atom is 0.0718 e. The highest BCUT2D eigenvalue weighted by atomic mass is 16.3. The monoisotopic (exact) mass is 213 g/mol. The molecule has 0 amide bonds. The summed E-state index contributed by atoms with van der Waals surface area (Å²) in [5, 5.41) is 9.75. The fraction of sp³-hybridized carbons (Fsp3) is 1.00. The standard InChI is InChI=1S/C13H27NO/c1-12(2,3)11-6-8-14(9-7-11)10-13(4,5)15/h11,15H,6-10H2,1-5H3. The Balaban J connectivity index is 2.37. The first kappa shape index (κ1) is 13.0. The molecule has 0 radical (unpaired) electrons. The molecular weight excluding hydrogens is 186 g/mol. The Labute approximate surface area is 94.7 Å². The molecule has 1 aliphatic rings. The second-order valence-electron chi connectivity index (χ2n) is 6.73. The first-order chi connectivity index (χ1) is 6.68. The van der Waals surface area contributed by atoms with Gasteiger partial charge in [-0.05, 0) is 51.1 Å². The lowest BCUT2D eigenvalue weighted by atomic mass is 9.75. The van der Waals surface area contributed by atoms with Crippen molar-refractivity contribution in [3.05, 3.63) is 0 Å². The van der Waals surface area contributed by atoms with Crippen LogP contribution in [-0.2, 0) is 0 Å². The van der Waals surface area contributed by atoms with Crippen LogP contribution >= 0.6 is 0 Å². The van der Waals surface area contributed by atoms with Gasteiger partial charge in [-0.2, -0.15) is 0 Å². The fourth-order valence-corrected chi connectivity index (χ4v) is 2.50. The minimum absolute atomic E-state index is 0.445. The summed E-state index contributed by atoms with van der Waals surface area (Å²) in [5.41, 5.74) is -0.102. The van der Waals surface area contributed by atoms with Gasteiger partial charge in [-0.15, -0.1) is 0 Å². The zero-order chi connectivity index (χ0) is 11.7. The molecule has 0 aliphatic carbocycles. The predicted octanol–water partition coefficient (Wildman–Crippen LogP) is 2.52. The van der Waals surface area contributed by atoms with Gasteiger partial charge in [-0.1, -0.05) is 20.8 Å². The van der Waals surface area contributed by atoms with Gasteiger partial charge in [0, 0.05) is 6.54 Å². The van der Waals surface area contributed by atoms with Crippen molar-refractivity contribution in [1.82, 2.24) is 4.90 Å². The quantitative estimate of drug-likeness (QED) is 0.762. The van der Waals surface area contributed by atoms with Gasteiger partial charge >= 0.3 is 0 Å². The number of aliphatic hydroxyl groups is 1. The summed E-state index contributed by atoms with van der Waals surface area (Å²) in [6, 6.07) is 0. The van der Waals surface area contributed by atoms with Gasteiger partial charge in [-0.3, -0.25) is 0 Å². The highest BCUT2D eigenvalue weighted by Crippen LogP contribution is 2.34. The number of β-amino-alcohol motifs (C(OH)–C–C–N with tert-alkyl or cyclic N) is 1. The minimum atomic E-state index is -0.547. The molecule has 1 rings (SSSR count). The van der Waals surface area contributed by atoms with E-state index in [2.05, 4.69) is 25.7 Å². The second kappa shape index (κ2) is 4.42. The zero-order valence-electron chi connectivity index (χ0n) is 11.0. The molecule has 1 aliphatic heterocycles. The Morgan fingerprint density at radius 2 is 1.53 bits per heavy atom. The van der Waals surface area contributed by atoms with Crippen LogP contribution in [0.3, 0.4) is 0 Å². The summed E-state index contributed by atoms with van der Waals surface area (Å²) in [6.07, 6.45) is 2.55. The van der Waals surface area contributed by atoms with Crippen LogP contribution in [0.25, 0.3) is 0 Å². The molecule has 1 heterocycles. The molecular formula is C13H27NO. The average Bonchev–Trinajstić information content (AvgIpc) is 2.00. The number of likely N-dealkylation sites (tertiary alicyclic amines) is 1. The van der Waals surface area contributed by atoms with Crippen LogP contribution in [0.4, 0.5) is 0 Å². The highest BCUT2D eigenvalue weighted by molar-refractivity contribution is 4.82. The number of hydrogen-bond acceptors (Lipinski definition) is 2. The van der Waals surface area contributed by atoms with Crippen molar-refractivity contribution in [2.75, 3.05) is 19.6 Å². The van der Waals surface area contributed by atoms with E-state index in [0.29, 0.717) is 5.41 Å². The molecule has 1 saturated heterocycles. The fourth-order valence-electron chi connectivity index (χ4n) is 2.50. The number of nitrogens with zero attached hydrogens (tertiary/aromatic N) is 1. The topological polar surface area (TPSA) is 23.5 Å². The van der Waals surface area contributed by atoms with Crippen LogP contribution in [0.15, 0.2) is 0 Å². The predicted molar refractivity (Wildman–Crippen MR) is 64.9 cm³/mol. The van der Waals surface area contributed by atoms with E-state index in [9.17, 15) is 5.11 Å². The summed E-state index contributed by atoms with van der Waals surface area (Å²) < 4.78 is 0. The lowest BCUT2D eigenvalue weighted by molar-refractivity contribution is 0.0152. The molecule has 1 fully saturated rings. The Morgan fingerprint density at radius 1 is 1.07 bits per heavy atom. The van der Waals surface area contributed by atoms with E-state index in [1.165, 1.54) is 12.8 Å². The third-order valence-electron chi connectivity index (χ3n) is 3.42. The molecule has 1 N–H and O–H groups in total. The van der Waals surface area contributed by atoms with Crippen molar-refractivity contribution >= 4 is 0 Å². The van der Waals surface area contributed by atoms with Gasteiger partial charge < -0.3 is 10.0 Å². The van der Waals surface area contributed by atoms with Gasteiger partial charge in [0.2, 0.25) is 0 Å². The summed E-state index contributed by atoms with van der Waals surface area (Å²) in [6.45, 7) is 13.9. The zero-order valence-corrected chi connectivity index (χ0v) is 11.0. The Hall–Kier alpha value is -0.0800. The van der Waals surface area contributed by atoms with Crippen LogP contribution in [-0.4, -0.2) is 35.2 Å². The maximum atomic E-state index is 9.75. The molecule has 0 unspecified atom stereocenters. The summed E-state index contributed by atoms with van der Waals surface area (Å²) in [7, 11) is 0. The van der Waals surface area contributed by atoms with Gasteiger partial charge in [0.15, 0.2) is 0 Å². The van der Waals surface area contributed by atoms with E-state index in [1.807, 2.05) is 13.8 Å². The van der Waals surface area contributed by atoms with Crippen molar-refractivity contribution < 1.29 is 5.11 Å². The summed E-state index contributed by atoms with van der Waals surface area (Å²) in [4.78, 5) is 2.39. The third-order valence-corrected chi connectivity index (χ3v) is 3.42. The number of hydrogen-bond donors (Lipinski definition) is 1. The molecule has 0 bridgehead atoms. The average molecular weight is 213 g/mol. The first-order valence-corrected chi connectivity index (χ1v) is 6.13. The smallest absolute Gasteiger partial charge is 0.0718 e. The van der Waals surface area contributed by atoms with E-state index in [4.69, 9.17) is 0 Å². The van der Waals surface area contributed by atoms with Crippen molar-refractivity contribution in [3.8, 4) is 0 Å². The Morgan fingerprint density at radius 3 is 1.87 bits per heavy atom. The van der Waals surface area contributed by atoms with Crippen LogP contribution in [0, 0.1) is 11.3 Å². The van der Waals surface area contributed by atoms with Gasteiger partial charge in [0.25, 0.3) is 0 Å². The molecule has 0 aromatic heterocycles. The molecule has 15 heavy (non-hydrogen) atoms. The largest absolute Gasteiger partial charge is 0.389 e. The minimum Gasteiger partial charge on any atom is -0.389 e. The van der Waals surface area contributed by atoms with Crippen molar-refractivity contribution in [3.63, 3.8) is 0 Å². The van der Waals surface area contributed by atoms with E-state index in [0.717, 1.165) is 25.6 Å². The molecule has 0 atom stereocenters. The number of piperidine rings is 1. The summed E-state index contributed by atoms with van der Waals surface area (Å²) in [5.74, 6) is 0.843. The van der Waals surface area contributed by atoms with E-state index in [1.54, 1.807) is 0 Å². The van der Waals surface area contributed by atoms with Crippen LogP contribution in [0.5, 0.6) is 0 Å². The van der Waals surface area contributed by atoms with Gasteiger partial charge in [-0.25, -0.2) is 0 Å². The Bertz CT molecular complexity index is 192. The lowest BCUT2D eigenvalue weighted by Crippen LogP contribution is -2.44. The molecule has 0 aromatic carbocycles. The van der Waals surface area contributed by atoms with Crippen molar-refractivity contribution in [1.29, 1.82) is 0 Å². The molecule has 0 saturated carbocycles. The lowest BCUT2D eigenvalue weighted by Gasteiger charge is -2.40. The molecule has 2 heteroatoms. The third kappa shape index (κ3) is 4.52. The van der Waals surface area contributed by atoms with E-state index < -0.39 is 5.60 Å². The number of rotatable bonds is 2. The van der Waals surface area contributed by atoms with Crippen molar-refractivity contribution in [2.45, 2.75) is 53.1 Å². The van der Waals surface area contributed by atoms with E-state index >= 15 is 0 Å². The summed E-state index contributed by atoms with van der Waals surface area (Å²) >= 11 is 0. The molecule has 2 nitrogen and oxygen atoms in total. The molecule has 0 spiro atoms. The van der Waals surface area contributed by atoms with E-state index in [-0.39, 0.29) is 0 Å². The van der Waals surface area contributed by atoms with Crippen LogP contribution in [0.2, 0.25) is 0 Å². The molecule has 0 aromatic rings. The molecule has 90 valence electrons. The first-order valence-electron chi connectivity index (χ1n) is 6.13. The normalized spacial score (nSPS) is 22.0. The Kier molecular flexibility index (Phi) is 3.83.